The van der Waals surface area contributed by atoms with Gasteiger partial charge < -0.3 is 0 Å². The highest BCUT2D eigenvalue weighted by molar-refractivity contribution is 5.06. The Bertz CT molecular complexity index is 104. The molecule has 46 valence electrons. The van der Waals surface area contributed by atoms with Gasteiger partial charge in [-0.3, -0.25) is 0 Å². The van der Waals surface area contributed by atoms with Crippen LogP contribution >= 0.6 is 0 Å². The van der Waals surface area contributed by atoms with Gasteiger partial charge in [0.1, 0.15) is 0 Å². The second-order valence-corrected chi connectivity index (χ2v) is 3.64. The van der Waals surface area contributed by atoms with Crippen molar-refractivity contribution in [2.45, 2.75) is 27.2 Å². The number of hydrogen-bond donors (Lipinski definition) is 0. The minimum atomic E-state index is 0.509. The number of allylic oxidation sites excluding steroid dienone is 2. The van der Waals surface area contributed by atoms with Gasteiger partial charge in [0.25, 0.3) is 0 Å². The van der Waals surface area contributed by atoms with E-state index < -0.39 is 0 Å². The normalized spacial score (nSPS) is 27.6. The summed E-state index contributed by atoms with van der Waals surface area (Å²) >= 11 is 0. The Morgan fingerprint density at radius 1 is 1.38 bits per heavy atom. The SMILES string of the molecule is CC(C)(C)C1C=CC1. The van der Waals surface area contributed by atoms with Gasteiger partial charge >= 0.3 is 0 Å². The molecule has 0 aliphatic heterocycles. The fraction of sp³-hybridized carbons (Fsp3) is 0.750. The molecule has 0 amide bonds. The quantitative estimate of drug-likeness (QED) is 0.420. The van der Waals surface area contributed by atoms with Gasteiger partial charge in [-0.15, -0.1) is 0 Å². The van der Waals surface area contributed by atoms with Gasteiger partial charge in [-0.25, -0.2) is 0 Å². The van der Waals surface area contributed by atoms with Gasteiger partial charge in [0.15, 0.2) is 0 Å². The van der Waals surface area contributed by atoms with E-state index in [4.69, 9.17) is 0 Å². The van der Waals surface area contributed by atoms with Crippen LogP contribution in [0.1, 0.15) is 27.2 Å². The fourth-order valence-corrected chi connectivity index (χ4v) is 0.914. The molecule has 0 heterocycles. The zero-order valence-electron chi connectivity index (χ0n) is 5.94. The van der Waals surface area contributed by atoms with Crippen LogP contribution in [0.3, 0.4) is 0 Å². The van der Waals surface area contributed by atoms with Crippen LogP contribution in [0, 0.1) is 11.3 Å². The molecular formula is C8H14. The van der Waals surface area contributed by atoms with E-state index >= 15 is 0 Å². The predicted octanol–water partition coefficient (Wildman–Crippen LogP) is 2.61. The monoisotopic (exact) mass is 110 g/mol. The van der Waals surface area contributed by atoms with Crippen LogP contribution in [0.25, 0.3) is 0 Å². The third-order valence-corrected chi connectivity index (χ3v) is 1.87. The molecule has 0 aromatic rings. The fourth-order valence-electron chi connectivity index (χ4n) is 0.914. The lowest BCUT2D eigenvalue weighted by Gasteiger charge is -2.31. The molecule has 1 aliphatic rings. The van der Waals surface area contributed by atoms with Gasteiger partial charge in [-0.2, -0.15) is 0 Å². The van der Waals surface area contributed by atoms with Crippen LogP contribution in [0.5, 0.6) is 0 Å². The Kier molecular flexibility index (Phi) is 1.18. The van der Waals surface area contributed by atoms with Crippen LogP contribution in [0.2, 0.25) is 0 Å². The van der Waals surface area contributed by atoms with Crippen molar-refractivity contribution in [3.8, 4) is 0 Å². The van der Waals surface area contributed by atoms with Crippen molar-refractivity contribution < 1.29 is 0 Å². The minimum Gasteiger partial charge on any atom is -0.0876 e. The predicted molar refractivity (Wildman–Crippen MR) is 36.7 cm³/mol. The summed E-state index contributed by atoms with van der Waals surface area (Å²) in [5.74, 6) is 0.850. The van der Waals surface area contributed by atoms with Crippen LogP contribution in [0.4, 0.5) is 0 Å². The van der Waals surface area contributed by atoms with Gasteiger partial charge in [-0.1, -0.05) is 32.9 Å². The average Bonchev–Trinajstić information content (AvgIpc) is 1.16. The van der Waals surface area contributed by atoms with E-state index in [0.717, 1.165) is 5.92 Å². The van der Waals surface area contributed by atoms with E-state index in [1.165, 1.54) is 6.42 Å². The molecule has 0 aromatic heterocycles. The molecule has 0 nitrogen and oxygen atoms in total. The number of rotatable bonds is 0. The zero-order chi connectivity index (χ0) is 6.20. The molecule has 0 spiro atoms. The molecule has 8 heavy (non-hydrogen) atoms. The summed E-state index contributed by atoms with van der Waals surface area (Å²) in [6.45, 7) is 6.88. The lowest BCUT2D eigenvalue weighted by Crippen LogP contribution is -2.21. The molecule has 1 atom stereocenters. The summed E-state index contributed by atoms with van der Waals surface area (Å²) in [7, 11) is 0. The van der Waals surface area contributed by atoms with Gasteiger partial charge in [0.05, 0.1) is 0 Å². The van der Waals surface area contributed by atoms with Gasteiger partial charge in [0.2, 0.25) is 0 Å². The van der Waals surface area contributed by atoms with Crippen molar-refractivity contribution in [2.75, 3.05) is 0 Å². The molecule has 0 fully saturated rings. The lowest BCUT2D eigenvalue weighted by atomic mass is 9.74. The van der Waals surface area contributed by atoms with E-state index in [1.807, 2.05) is 0 Å². The third kappa shape index (κ3) is 0.936. The minimum absolute atomic E-state index is 0.509. The van der Waals surface area contributed by atoms with Gasteiger partial charge in [-0.05, 0) is 17.8 Å². The first-order valence-electron chi connectivity index (χ1n) is 3.27. The lowest BCUT2D eigenvalue weighted by molar-refractivity contribution is 0.276. The highest BCUT2D eigenvalue weighted by Gasteiger charge is 2.24. The van der Waals surface area contributed by atoms with Crippen molar-refractivity contribution in [2.24, 2.45) is 11.3 Å². The van der Waals surface area contributed by atoms with Crippen LogP contribution in [0.15, 0.2) is 12.2 Å². The third-order valence-electron chi connectivity index (χ3n) is 1.87. The molecule has 1 rings (SSSR count). The van der Waals surface area contributed by atoms with Crippen molar-refractivity contribution in [1.82, 2.24) is 0 Å². The Balaban J connectivity index is 2.48. The van der Waals surface area contributed by atoms with Crippen LogP contribution < -0.4 is 0 Å². The molecule has 1 aliphatic carbocycles. The van der Waals surface area contributed by atoms with Crippen LogP contribution in [-0.2, 0) is 0 Å². The maximum absolute atomic E-state index is 2.31. The van der Waals surface area contributed by atoms with E-state index in [-0.39, 0.29) is 0 Å². The smallest absolute Gasteiger partial charge is 0.0150 e. The second kappa shape index (κ2) is 1.61. The van der Waals surface area contributed by atoms with E-state index in [9.17, 15) is 0 Å². The highest BCUT2D eigenvalue weighted by atomic mass is 14.3. The molecule has 0 saturated heterocycles. The summed E-state index contributed by atoms with van der Waals surface area (Å²) in [5, 5.41) is 0. The second-order valence-electron chi connectivity index (χ2n) is 3.64. The average molecular weight is 110 g/mol. The Labute approximate surface area is 51.6 Å². The van der Waals surface area contributed by atoms with E-state index in [0.29, 0.717) is 5.41 Å². The van der Waals surface area contributed by atoms with Crippen molar-refractivity contribution in [3.63, 3.8) is 0 Å². The molecular weight excluding hydrogens is 96.1 g/mol. The number of hydrogen-bond acceptors (Lipinski definition) is 0. The van der Waals surface area contributed by atoms with E-state index in [1.54, 1.807) is 0 Å². The molecule has 0 heteroatoms. The highest BCUT2D eigenvalue weighted by Crippen LogP contribution is 2.35. The largest absolute Gasteiger partial charge is 0.0876 e. The maximum Gasteiger partial charge on any atom is -0.0150 e. The first-order valence-corrected chi connectivity index (χ1v) is 3.27. The topological polar surface area (TPSA) is 0 Å². The molecule has 0 radical (unpaired) electrons. The Hall–Kier alpha value is -0.260. The maximum atomic E-state index is 2.31. The summed E-state index contributed by atoms with van der Waals surface area (Å²) in [6.07, 6.45) is 5.85. The Morgan fingerprint density at radius 2 is 1.88 bits per heavy atom. The van der Waals surface area contributed by atoms with Gasteiger partial charge in [0, 0.05) is 0 Å². The van der Waals surface area contributed by atoms with Crippen LogP contribution in [-0.4, -0.2) is 0 Å². The molecule has 0 bridgehead atoms. The van der Waals surface area contributed by atoms with Crippen molar-refractivity contribution >= 4 is 0 Å². The zero-order valence-corrected chi connectivity index (χ0v) is 5.94. The molecule has 0 N–H and O–H groups in total. The summed E-state index contributed by atoms with van der Waals surface area (Å²) < 4.78 is 0. The molecule has 0 saturated carbocycles. The molecule has 1 unspecified atom stereocenters. The summed E-state index contributed by atoms with van der Waals surface area (Å²) in [6, 6.07) is 0. The first-order chi connectivity index (χ1) is 3.61. The van der Waals surface area contributed by atoms with Crippen molar-refractivity contribution in [3.05, 3.63) is 12.2 Å². The standard InChI is InChI=1S/C8H14/c1-8(2,3)7-5-4-6-7/h4-5,7H,6H2,1-3H3. The first kappa shape index (κ1) is 5.87. The summed E-state index contributed by atoms with van der Waals surface area (Å²) in [5.41, 5.74) is 0.509. The Morgan fingerprint density at radius 3 is 1.88 bits per heavy atom. The summed E-state index contributed by atoms with van der Waals surface area (Å²) in [4.78, 5) is 0. The molecule has 0 aromatic carbocycles. The van der Waals surface area contributed by atoms with E-state index in [2.05, 4.69) is 32.9 Å². The van der Waals surface area contributed by atoms with Crippen molar-refractivity contribution in [1.29, 1.82) is 0 Å².